The van der Waals surface area contributed by atoms with Crippen molar-refractivity contribution in [2.75, 3.05) is 17.3 Å². The number of benzene rings is 3. The van der Waals surface area contributed by atoms with E-state index in [0.29, 0.717) is 34.6 Å². The van der Waals surface area contributed by atoms with Crippen LogP contribution >= 0.6 is 0 Å². The van der Waals surface area contributed by atoms with Crippen LogP contribution in [0.4, 0.5) is 17.1 Å². The van der Waals surface area contributed by atoms with Crippen LogP contribution in [0.3, 0.4) is 0 Å². The van der Waals surface area contributed by atoms with Crippen molar-refractivity contribution in [2.45, 2.75) is 19.8 Å². The molecule has 4 atom stereocenters. The smallest absolute Gasteiger partial charge is 0.238 e. The number of ketones is 2. The average molecular weight is 613 g/mol. The molecule has 7 rings (SSSR count). The number of hydrogen-bond acceptors (Lipinski definition) is 7. The number of Topliss-reactive ketones (excluding diaryl/α,β-unsaturated/α-hetero) is 1. The molecule has 0 aromatic heterocycles. The van der Waals surface area contributed by atoms with Crippen molar-refractivity contribution in [2.24, 2.45) is 23.7 Å². The van der Waals surface area contributed by atoms with Crippen LogP contribution in [0.15, 0.2) is 113 Å². The van der Waals surface area contributed by atoms with Crippen molar-refractivity contribution in [3.63, 3.8) is 0 Å². The predicted octanol–water partition coefficient (Wildman–Crippen LogP) is 6.32. The average Bonchev–Trinajstić information content (AvgIpc) is 3.32. The van der Waals surface area contributed by atoms with Crippen LogP contribution in [0.5, 0.6) is 11.5 Å². The van der Waals surface area contributed by atoms with Gasteiger partial charge in [0.2, 0.25) is 11.8 Å². The van der Waals surface area contributed by atoms with E-state index in [1.165, 1.54) is 24.2 Å². The van der Waals surface area contributed by atoms with E-state index in [1.807, 2.05) is 60.7 Å². The van der Waals surface area contributed by atoms with E-state index in [0.717, 1.165) is 22.5 Å². The molecule has 2 amide bonds. The fourth-order valence-corrected chi connectivity index (χ4v) is 7.30. The summed E-state index contributed by atoms with van der Waals surface area (Å²) in [6, 6.07) is 21.9. The topological polar surface area (TPSA) is 113 Å². The maximum Gasteiger partial charge on any atom is 0.238 e. The van der Waals surface area contributed by atoms with Crippen LogP contribution < -0.4 is 15.0 Å². The van der Waals surface area contributed by atoms with Crippen LogP contribution in [0, 0.1) is 23.7 Å². The minimum absolute atomic E-state index is 0.00753. The number of nitrogens with zero attached hydrogens (tertiary/aromatic N) is 1. The van der Waals surface area contributed by atoms with E-state index in [9.17, 15) is 24.3 Å². The Morgan fingerprint density at radius 1 is 0.913 bits per heavy atom. The van der Waals surface area contributed by atoms with Crippen LogP contribution in [0.2, 0.25) is 0 Å². The second-order valence-electron chi connectivity index (χ2n) is 12.1. The molecule has 1 fully saturated rings. The number of imide groups is 1. The van der Waals surface area contributed by atoms with Gasteiger partial charge in [-0.1, -0.05) is 48.1 Å². The van der Waals surface area contributed by atoms with Gasteiger partial charge in [-0.15, -0.1) is 0 Å². The molecule has 4 unspecified atom stereocenters. The van der Waals surface area contributed by atoms with Crippen molar-refractivity contribution >= 4 is 46.5 Å². The van der Waals surface area contributed by atoms with Gasteiger partial charge in [0, 0.05) is 34.0 Å². The van der Waals surface area contributed by atoms with Crippen LogP contribution in [0.1, 0.15) is 25.3 Å². The maximum absolute atomic E-state index is 14.2. The predicted molar refractivity (Wildman–Crippen MR) is 174 cm³/mol. The van der Waals surface area contributed by atoms with Gasteiger partial charge in [0.25, 0.3) is 0 Å². The molecule has 0 radical (unpaired) electrons. The zero-order valence-electron chi connectivity index (χ0n) is 25.4. The molecule has 46 heavy (non-hydrogen) atoms. The number of hydrogen-bond donors (Lipinski definition) is 2. The number of para-hydroxylation sites is 1. The zero-order chi connectivity index (χ0) is 32.1. The zero-order valence-corrected chi connectivity index (χ0v) is 25.4. The normalized spacial score (nSPS) is 24.0. The summed E-state index contributed by atoms with van der Waals surface area (Å²) in [6.07, 6.45) is 7.67. The summed E-state index contributed by atoms with van der Waals surface area (Å²) in [4.78, 5) is 56.1. The molecule has 8 nitrogen and oxygen atoms in total. The highest BCUT2D eigenvalue weighted by atomic mass is 16.5. The molecule has 8 heteroatoms. The summed E-state index contributed by atoms with van der Waals surface area (Å²) in [5, 5.41) is 13.4. The lowest BCUT2D eigenvalue weighted by molar-refractivity contribution is -0.123. The molecule has 1 heterocycles. The molecule has 3 aromatic rings. The number of carbonyl (C=O) groups is 4. The van der Waals surface area contributed by atoms with Crippen LogP contribution in [-0.2, 0) is 19.2 Å². The number of carbonyl (C=O) groups excluding carboxylic acids is 4. The van der Waals surface area contributed by atoms with Gasteiger partial charge in [0.15, 0.2) is 23.1 Å². The summed E-state index contributed by atoms with van der Waals surface area (Å²) in [6.45, 7) is 1.63. The van der Waals surface area contributed by atoms with Gasteiger partial charge in [0.05, 0.1) is 24.6 Å². The second-order valence-corrected chi connectivity index (χ2v) is 12.1. The first-order valence-corrected chi connectivity index (χ1v) is 15.3. The number of nitrogens with one attached hydrogen (secondary N) is 1. The van der Waals surface area contributed by atoms with E-state index in [4.69, 9.17) is 4.74 Å². The molecule has 3 aromatic carbocycles. The Morgan fingerprint density at radius 2 is 1.65 bits per heavy atom. The third-order valence-electron chi connectivity index (χ3n) is 9.48. The molecule has 1 aliphatic heterocycles. The number of aromatic hydroxyl groups is 1. The highest BCUT2D eigenvalue weighted by molar-refractivity contribution is 6.24. The van der Waals surface area contributed by atoms with Crippen molar-refractivity contribution in [1.82, 2.24) is 0 Å². The summed E-state index contributed by atoms with van der Waals surface area (Å²) >= 11 is 0. The number of amides is 2. The van der Waals surface area contributed by atoms with Crippen molar-refractivity contribution < 1.29 is 29.0 Å². The summed E-state index contributed by atoms with van der Waals surface area (Å²) < 4.78 is 5.25. The highest BCUT2D eigenvalue weighted by Crippen LogP contribution is 2.53. The summed E-state index contributed by atoms with van der Waals surface area (Å²) in [7, 11) is 1.47. The van der Waals surface area contributed by atoms with Crippen molar-refractivity contribution in [1.29, 1.82) is 0 Å². The molecule has 0 saturated carbocycles. The number of rotatable bonds is 6. The Kier molecular flexibility index (Phi) is 7.28. The Bertz CT molecular complexity index is 1920. The number of ether oxygens (including phenoxy) is 1. The fourth-order valence-electron chi connectivity index (χ4n) is 7.30. The second kappa shape index (κ2) is 11.5. The minimum Gasteiger partial charge on any atom is -0.504 e. The molecule has 4 aliphatic rings. The molecule has 230 valence electrons. The van der Waals surface area contributed by atoms with Crippen molar-refractivity contribution in [3.05, 3.63) is 119 Å². The van der Waals surface area contributed by atoms with E-state index in [-0.39, 0.29) is 35.6 Å². The number of anilines is 3. The number of phenols is 1. The molecule has 0 spiro atoms. The molecule has 0 bridgehead atoms. The number of phenolic OH excluding ortho intramolecular Hbond substituents is 1. The monoisotopic (exact) mass is 612 g/mol. The third kappa shape index (κ3) is 4.86. The first-order valence-electron chi connectivity index (χ1n) is 15.3. The van der Waals surface area contributed by atoms with Crippen molar-refractivity contribution in [3.8, 4) is 11.5 Å². The SMILES string of the molecule is COc1cc(C=CC2C3=CCC4C(=O)N(c5ccc(Nc6ccccc6)cc5)C(=O)C4C3CC3=C2C(=O)C=C(C)C3=O)ccc1O. The summed E-state index contributed by atoms with van der Waals surface area (Å²) in [5.74, 6) is -2.80. The summed E-state index contributed by atoms with van der Waals surface area (Å²) in [5.41, 5.74) is 5.07. The lowest BCUT2D eigenvalue weighted by atomic mass is 9.60. The Balaban J connectivity index is 1.22. The van der Waals surface area contributed by atoms with Gasteiger partial charge in [-0.3, -0.25) is 24.1 Å². The fraction of sp³-hybridized carbons (Fsp3) is 0.211. The van der Waals surface area contributed by atoms with Gasteiger partial charge in [-0.25, -0.2) is 0 Å². The van der Waals surface area contributed by atoms with E-state index < -0.39 is 23.7 Å². The minimum atomic E-state index is -0.651. The lowest BCUT2D eigenvalue weighted by Gasteiger charge is -2.41. The molecule has 2 N–H and O–H groups in total. The first kappa shape index (κ1) is 29.2. The number of allylic oxidation sites excluding steroid dienone is 7. The quantitative estimate of drug-likeness (QED) is 0.190. The standard InChI is InChI=1S/C38H32N2O6/c1-21-18-32(42)34-27(14-8-22-9-17-31(41)33(19-22)46-2)26-15-16-28-35(29(26)20-30(34)36(21)43)38(45)40(37(28)44)25-12-10-24(11-13-25)39-23-6-4-3-5-7-23/h3-15,17-19,27-29,35,39,41H,16,20H2,1-2H3. The molecular weight excluding hydrogens is 580 g/mol. The number of fused-ring (bicyclic) bond motifs is 3. The largest absolute Gasteiger partial charge is 0.504 e. The Hall–Kier alpha value is -5.50. The first-order chi connectivity index (χ1) is 22.2. The van der Waals surface area contributed by atoms with Gasteiger partial charge in [-0.2, -0.15) is 0 Å². The van der Waals surface area contributed by atoms with Gasteiger partial charge >= 0.3 is 0 Å². The third-order valence-corrected chi connectivity index (χ3v) is 9.48. The van der Waals surface area contributed by atoms with Gasteiger partial charge < -0.3 is 15.2 Å². The van der Waals surface area contributed by atoms with E-state index >= 15 is 0 Å². The highest BCUT2D eigenvalue weighted by Gasteiger charge is 2.56. The van der Waals surface area contributed by atoms with Crippen LogP contribution in [-0.4, -0.2) is 35.6 Å². The molecule has 1 saturated heterocycles. The Morgan fingerprint density at radius 3 is 2.39 bits per heavy atom. The number of methoxy groups -OCH3 is 1. The molecule has 3 aliphatic carbocycles. The Labute approximate surface area is 266 Å². The van der Waals surface area contributed by atoms with Crippen LogP contribution in [0.25, 0.3) is 6.08 Å². The molecular formula is C38H32N2O6. The maximum atomic E-state index is 14.2. The lowest BCUT2D eigenvalue weighted by Crippen LogP contribution is -2.40. The van der Waals surface area contributed by atoms with E-state index in [1.54, 1.807) is 31.2 Å². The van der Waals surface area contributed by atoms with Gasteiger partial charge in [0.1, 0.15) is 0 Å². The van der Waals surface area contributed by atoms with E-state index in [2.05, 4.69) is 5.32 Å². The van der Waals surface area contributed by atoms with Gasteiger partial charge in [-0.05, 0) is 85.9 Å².